The Morgan fingerprint density at radius 2 is 1.91 bits per heavy atom. The predicted octanol–water partition coefficient (Wildman–Crippen LogP) is 4.35. The summed E-state index contributed by atoms with van der Waals surface area (Å²) >= 11 is 0. The summed E-state index contributed by atoms with van der Waals surface area (Å²) in [6.45, 7) is 4.49. The zero-order chi connectivity index (χ0) is 22.8. The van der Waals surface area contributed by atoms with E-state index in [4.69, 9.17) is 4.74 Å². The number of ether oxygens (including phenoxy) is 1. The molecule has 7 nitrogen and oxygen atoms in total. The largest absolute Gasteiger partial charge is 0.496 e. The number of methoxy groups -OCH3 is 1. The molecule has 0 aromatic heterocycles. The first kappa shape index (κ1) is 22.1. The fraction of sp³-hybridized carbons (Fsp3) is 0.440. The number of fused-ring (bicyclic) bond motifs is 1. The van der Waals surface area contributed by atoms with E-state index in [2.05, 4.69) is 10.6 Å². The third kappa shape index (κ3) is 4.43. The Labute approximate surface area is 188 Å². The van der Waals surface area contributed by atoms with Crippen LogP contribution < -0.4 is 15.4 Å². The second kappa shape index (κ2) is 9.20. The summed E-state index contributed by atoms with van der Waals surface area (Å²) in [5.41, 5.74) is 5.51. The van der Waals surface area contributed by atoms with Crippen LogP contribution in [-0.2, 0) is 17.9 Å². The van der Waals surface area contributed by atoms with Crippen molar-refractivity contribution >= 4 is 23.3 Å². The van der Waals surface area contributed by atoms with Gasteiger partial charge >= 0.3 is 6.03 Å². The summed E-state index contributed by atoms with van der Waals surface area (Å²) in [7, 11) is 1.62. The Kier molecular flexibility index (Phi) is 6.37. The molecule has 0 atom stereocenters. The molecule has 170 valence electrons. The zero-order valence-electron chi connectivity index (χ0n) is 18.9. The first-order chi connectivity index (χ1) is 15.4. The highest BCUT2D eigenvalue weighted by Crippen LogP contribution is 2.34. The first-order valence-corrected chi connectivity index (χ1v) is 11.2. The van der Waals surface area contributed by atoms with Gasteiger partial charge < -0.3 is 25.4 Å². The van der Waals surface area contributed by atoms with E-state index >= 15 is 0 Å². The molecule has 2 aliphatic rings. The maximum Gasteiger partial charge on any atom is 0.322 e. The lowest BCUT2D eigenvalue weighted by atomic mass is 9.84. The van der Waals surface area contributed by atoms with Crippen LogP contribution in [0.15, 0.2) is 30.3 Å². The second-order valence-corrected chi connectivity index (χ2v) is 8.83. The highest BCUT2D eigenvalue weighted by Gasteiger charge is 2.34. The molecule has 32 heavy (non-hydrogen) atoms. The van der Waals surface area contributed by atoms with Crippen LogP contribution in [0.1, 0.15) is 47.9 Å². The number of amides is 3. The first-order valence-electron chi connectivity index (χ1n) is 11.2. The van der Waals surface area contributed by atoms with E-state index in [9.17, 15) is 14.7 Å². The van der Waals surface area contributed by atoms with Crippen LogP contribution in [0.25, 0.3) is 0 Å². The number of anilines is 2. The molecule has 2 aromatic rings. The summed E-state index contributed by atoms with van der Waals surface area (Å²) in [5.74, 6) is 0.715. The summed E-state index contributed by atoms with van der Waals surface area (Å²) in [6, 6.07) is 9.49. The SMILES string of the molecule is COc1cc(NC(=O)C2CCC(N3Cc4c(C)cc(CO)cc4NC3=O)CC2)ccc1C. The number of carbonyl (C=O) groups is 2. The molecule has 2 aromatic carbocycles. The Hall–Kier alpha value is -3.06. The number of hydrogen-bond acceptors (Lipinski definition) is 4. The quantitative estimate of drug-likeness (QED) is 0.649. The topological polar surface area (TPSA) is 90.9 Å². The lowest BCUT2D eigenvalue weighted by Crippen LogP contribution is -2.47. The van der Waals surface area contributed by atoms with Crippen LogP contribution in [0.2, 0.25) is 0 Å². The summed E-state index contributed by atoms with van der Waals surface area (Å²) in [5, 5.41) is 15.4. The maximum atomic E-state index is 12.8. The van der Waals surface area contributed by atoms with E-state index in [0.29, 0.717) is 6.54 Å². The standard InChI is InChI=1S/C25H31N3O4/c1-15-4-7-19(12-23(15)32-3)26-24(30)18-5-8-20(9-6-18)28-13-21-16(2)10-17(14-29)11-22(21)27-25(28)31/h4,7,10-12,18,20,29H,5-6,8-9,13-14H2,1-3H3,(H,26,30)(H,27,31). The van der Waals surface area contributed by atoms with Crippen LogP contribution in [0.3, 0.4) is 0 Å². The fourth-order valence-corrected chi connectivity index (χ4v) is 4.82. The Morgan fingerprint density at radius 3 is 2.59 bits per heavy atom. The van der Waals surface area contributed by atoms with Gasteiger partial charge in [0.25, 0.3) is 0 Å². The van der Waals surface area contributed by atoms with Crippen molar-refractivity contribution in [3.05, 3.63) is 52.6 Å². The maximum absolute atomic E-state index is 12.8. The number of hydrogen-bond donors (Lipinski definition) is 3. The Balaban J connectivity index is 1.37. The lowest BCUT2D eigenvalue weighted by Gasteiger charge is -2.39. The smallest absolute Gasteiger partial charge is 0.322 e. The van der Waals surface area contributed by atoms with Gasteiger partial charge in [0.2, 0.25) is 5.91 Å². The van der Waals surface area contributed by atoms with Gasteiger partial charge in [0.15, 0.2) is 0 Å². The molecule has 1 aliphatic carbocycles. The predicted molar refractivity (Wildman–Crippen MR) is 124 cm³/mol. The van der Waals surface area contributed by atoms with E-state index in [1.165, 1.54) is 0 Å². The van der Waals surface area contributed by atoms with Gasteiger partial charge in [-0.05, 0) is 73.9 Å². The minimum absolute atomic E-state index is 0.0233. The zero-order valence-corrected chi connectivity index (χ0v) is 18.9. The van der Waals surface area contributed by atoms with E-state index in [1.807, 2.05) is 49.1 Å². The highest BCUT2D eigenvalue weighted by molar-refractivity contribution is 5.94. The Morgan fingerprint density at radius 1 is 1.16 bits per heavy atom. The van der Waals surface area contributed by atoms with Gasteiger partial charge in [-0.1, -0.05) is 12.1 Å². The van der Waals surface area contributed by atoms with Crippen molar-refractivity contribution < 1.29 is 19.4 Å². The molecular weight excluding hydrogens is 406 g/mol. The molecule has 1 heterocycles. The lowest BCUT2D eigenvalue weighted by molar-refractivity contribution is -0.121. The van der Waals surface area contributed by atoms with Crippen LogP contribution >= 0.6 is 0 Å². The van der Waals surface area contributed by atoms with Crippen molar-refractivity contribution in [2.24, 2.45) is 5.92 Å². The van der Waals surface area contributed by atoms with Crippen molar-refractivity contribution in [3.8, 4) is 5.75 Å². The van der Waals surface area contributed by atoms with E-state index in [0.717, 1.165) is 65.1 Å². The van der Waals surface area contributed by atoms with E-state index < -0.39 is 0 Å². The van der Waals surface area contributed by atoms with Crippen molar-refractivity contribution in [1.29, 1.82) is 0 Å². The highest BCUT2D eigenvalue weighted by atomic mass is 16.5. The molecular formula is C25H31N3O4. The van der Waals surface area contributed by atoms with Crippen molar-refractivity contribution in [3.63, 3.8) is 0 Å². The number of benzene rings is 2. The van der Waals surface area contributed by atoms with Gasteiger partial charge in [0.05, 0.1) is 20.3 Å². The van der Waals surface area contributed by atoms with Crippen LogP contribution in [0, 0.1) is 19.8 Å². The molecule has 0 spiro atoms. The van der Waals surface area contributed by atoms with Crippen LogP contribution in [-0.4, -0.2) is 35.1 Å². The molecule has 0 bridgehead atoms. The number of aliphatic hydroxyl groups excluding tert-OH is 1. The average molecular weight is 438 g/mol. The Bertz CT molecular complexity index is 1030. The van der Waals surface area contributed by atoms with Crippen molar-refractivity contribution in [1.82, 2.24) is 4.90 Å². The average Bonchev–Trinajstić information content (AvgIpc) is 2.79. The van der Waals surface area contributed by atoms with Gasteiger partial charge in [-0.15, -0.1) is 0 Å². The minimum atomic E-state index is -0.105. The summed E-state index contributed by atoms with van der Waals surface area (Å²) < 4.78 is 5.34. The van der Waals surface area contributed by atoms with Crippen LogP contribution in [0.5, 0.6) is 5.75 Å². The number of carbonyl (C=O) groups excluding carboxylic acids is 2. The number of aliphatic hydroxyl groups is 1. The number of urea groups is 1. The number of nitrogens with one attached hydrogen (secondary N) is 2. The van der Waals surface area contributed by atoms with Gasteiger partial charge in [0.1, 0.15) is 5.75 Å². The molecule has 7 heteroatoms. The third-order valence-corrected chi connectivity index (χ3v) is 6.73. The number of rotatable bonds is 5. The van der Waals surface area contributed by atoms with Gasteiger partial charge in [0, 0.05) is 29.4 Å². The minimum Gasteiger partial charge on any atom is -0.496 e. The van der Waals surface area contributed by atoms with Crippen LogP contribution in [0.4, 0.5) is 16.2 Å². The number of aryl methyl sites for hydroxylation is 2. The monoisotopic (exact) mass is 437 g/mol. The molecule has 1 saturated carbocycles. The molecule has 4 rings (SSSR count). The van der Waals surface area contributed by atoms with Gasteiger partial charge in [-0.25, -0.2) is 4.79 Å². The van der Waals surface area contributed by atoms with E-state index in [-0.39, 0.29) is 30.5 Å². The van der Waals surface area contributed by atoms with Gasteiger partial charge in [-0.2, -0.15) is 0 Å². The van der Waals surface area contributed by atoms with Crippen molar-refractivity contribution in [2.75, 3.05) is 17.7 Å². The molecule has 1 fully saturated rings. The molecule has 1 aliphatic heterocycles. The normalized spacial score (nSPS) is 20.4. The van der Waals surface area contributed by atoms with Gasteiger partial charge in [-0.3, -0.25) is 4.79 Å². The molecule has 3 N–H and O–H groups in total. The fourth-order valence-electron chi connectivity index (χ4n) is 4.82. The van der Waals surface area contributed by atoms with E-state index in [1.54, 1.807) is 7.11 Å². The summed E-state index contributed by atoms with van der Waals surface area (Å²) in [4.78, 5) is 27.5. The number of nitrogens with zero attached hydrogens (tertiary/aromatic N) is 1. The molecule has 0 saturated heterocycles. The molecule has 3 amide bonds. The second-order valence-electron chi connectivity index (χ2n) is 8.83. The molecule has 0 unspecified atom stereocenters. The third-order valence-electron chi connectivity index (χ3n) is 6.73. The summed E-state index contributed by atoms with van der Waals surface area (Å²) in [6.07, 6.45) is 3.09. The van der Waals surface area contributed by atoms with Crippen molar-refractivity contribution in [2.45, 2.75) is 58.7 Å². The molecule has 0 radical (unpaired) electrons.